The Bertz CT molecular complexity index is 378. The molecule has 74 valence electrons. The summed E-state index contributed by atoms with van der Waals surface area (Å²) >= 11 is 0. The van der Waals surface area contributed by atoms with E-state index in [2.05, 4.69) is 6.58 Å². The van der Waals surface area contributed by atoms with Crippen molar-refractivity contribution in [3.8, 4) is 5.75 Å². The average molecular weight is 190 g/mol. The number of allylic oxidation sites excluding steroid dienone is 1. The molecule has 0 radical (unpaired) electrons. The number of phenols is 1. The number of aromatic hydroxyl groups is 1. The van der Waals surface area contributed by atoms with E-state index in [-0.39, 0.29) is 11.5 Å². The fourth-order valence-corrected chi connectivity index (χ4v) is 1.30. The molecule has 2 heteroatoms. The molecule has 0 saturated carbocycles. The lowest BCUT2D eigenvalue weighted by atomic mass is 9.99. The molecule has 14 heavy (non-hydrogen) atoms. The van der Waals surface area contributed by atoms with Gasteiger partial charge in [0.2, 0.25) is 0 Å². The average Bonchev–Trinajstić information content (AvgIpc) is 2.16. The number of phenolic OH excluding ortho intramolecular Hbond substituents is 1. The summed E-state index contributed by atoms with van der Waals surface area (Å²) < 4.78 is 0. The first-order valence-electron chi connectivity index (χ1n) is 4.59. The highest BCUT2D eigenvalue weighted by molar-refractivity contribution is 5.98. The van der Waals surface area contributed by atoms with Crippen LogP contribution in [0.3, 0.4) is 0 Å². The van der Waals surface area contributed by atoms with E-state index in [0.29, 0.717) is 11.1 Å². The van der Waals surface area contributed by atoms with E-state index >= 15 is 0 Å². The van der Waals surface area contributed by atoms with Gasteiger partial charge in [-0.05, 0) is 25.0 Å². The molecular weight excluding hydrogens is 176 g/mol. The number of ketones is 1. The van der Waals surface area contributed by atoms with E-state index in [1.807, 2.05) is 6.92 Å². The number of carbonyl (C=O) groups is 1. The zero-order chi connectivity index (χ0) is 10.7. The van der Waals surface area contributed by atoms with Gasteiger partial charge in [0.05, 0.1) is 5.56 Å². The Morgan fingerprint density at radius 2 is 2.00 bits per heavy atom. The molecule has 0 aliphatic rings. The molecule has 0 heterocycles. The molecule has 1 N–H and O–H groups in total. The van der Waals surface area contributed by atoms with Crippen molar-refractivity contribution < 1.29 is 9.90 Å². The topological polar surface area (TPSA) is 37.3 Å². The second-order valence-electron chi connectivity index (χ2n) is 3.22. The Labute approximate surface area is 83.9 Å². The van der Waals surface area contributed by atoms with Crippen LogP contribution in [0.4, 0.5) is 0 Å². The Morgan fingerprint density at radius 1 is 1.43 bits per heavy atom. The van der Waals surface area contributed by atoms with E-state index in [0.717, 1.165) is 12.0 Å². The van der Waals surface area contributed by atoms with Gasteiger partial charge < -0.3 is 5.11 Å². The second kappa shape index (κ2) is 4.09. The standard InChI is InChI=1S/C12H14O2/c1-4-8(2)10-6-5-7-11(9(3)13)12(10)14/h5-7,14H,2,4H2,1,3H3. The molecule has 0 saturated heterocycles. The smallest absolute Gasteiger partial charge is 0.163 e. The van der Waals surface area contributed by atoms with Crippen LogP contribution in [0.25, 0.3) is 5.57 Å². The van der Waals surface area contributed by atoms with E-state index in [9.17, 15) is 9.90 Å². The number of benzene rings is 1. The quantitative estimate of drug-likeness (QED) is 0.744. The predicted octanol–water partition coefficient (Wildman–Crippen LogP) is 3.02. The van der Waals surface area contributed by atoms with E-state index in [1.165, 1.54) is 6.92 Å². The predicted molar refractivity (Wildman–Crippen MR) is 57.4 cm³/mol. The number of rotatable bonds is 3. The van der Waals surface area contributed by atoms with Gasteiger partial charge in [-0.2, -0.15) is 0 Å². The first-order chi connectivity index (χ1) is 6.57. The lowest BCUT2D eigenvalue weighted by molar-refractivity contribution is 0.101. The van der Waals surface area contributed by atoms with E-state index in [4.69, 9.17) is 0 Å². The SMILES string of the molecule is C=C(CC)c1cccc(C(C)=O)c1O. The molecule has 0 amide bonds. The Kier molecular flexibility index (Phi) is 3.07. The van der Waals surface area contributed by atoms with Crippen molar-refractivity contribution in [2.75, 3.05) is 0 Å². The van der Waals surface area contributed by atoms with Crippen molar-refractivity contribution in [2.45, 2.75) is 20.3 Å². The molecular formula is C12H14O2. The molecule has 2 nitrogen and oxygen atoms in total. The Hall–Kier alpha value is -1.57. The van der Waals surface area contributed by atoms with Crippen LogP contribution in [0.2, 0.25) is 0 Å². The number of carbonyl (C=O) groups excluding carboxylic acids is 1. The van der Waals surface area contributed by atoms with Gasteiger partial charge in [-0.25, -0.2) is 0 Å². The fraction of sp³-hybridized carbons (Fsp3) is 0.250. The monoisotopic (exact) mass is 190 g/mol. The third kappa shape index (κ3) is 1.84. The zero-order valence-corrected chi connectivity index (χ0v) is 8.50. The summed E-state index contributed by atoms with van der Waals surface area (Å²) in [5, 5.41) is 9.78. The van der Waals surface area contributed by atoms with Gasteiger partial charge in [0.15, 0.2) is 5.78 Å². The molecule has 1 aromatic carbocycles. The van der Waals surface area contributed by atoms with Crippen LogP contribution in [0, 0.1) is 0 Å². The van der Waals surface area contributed by atoms with Crippen molar-refractivity contribution >= 4 is 11.4 Å². The molecule has 0 aromatic heterocycles. The summed E-state index contributed by atoms with van der Waals surface area (Å²) in [6, 6.07) is 5.14. The van der Waals surface area contributed by atoms with Gasteiger partial charge in [0, 0.05) is 5.56 Å². The molecule has 0 atom stereocenters. The van der Waals surface area contributed by atoms with Crippen molar-refractivity contribution in [3.63, 3.8) is 0 Å². The van der Waals surface area contributed by atoms with Crippen molar-refractivity contribution in [1.29, 1.82) is 0 Å². The highest BCUT2D eigenvalue weighted by atomic mass is 16.3. The number of Topliss-reactive ketones (excluding diaryl/α,β-unsaturated/α-hetero) is 1. The van der Waals surface area contributed by atoms with Gasteiger partial charge in [-0.15, -0.1) is 0 Å². The van der Waals surface area contributed by atoms with Crippen molar-refractivity contribution in [1.82, 2.24) is 0 Å². The van der Waals surface area contributed by atoms with E-state index < -0.39 is 0 Å². The Morgan fingerprint density at radius 3 is 2.50 bits per heavy atom. The van der Waals surface area contributed by atoms with Gasteiger partial charge in [0.1, 0.15) is 5.75 Å². The lowest BCUT2D eigenvalue weighted by Crippen LogP contribution is -1.95. The van der Waals surface area contributed by atoms with Crippen LogP contribution in [-0.2, 0) is 0 Å². The normalized spacial score (nSPS) is 9.86. The fourth-order valence-electron chi connectivity index (χ4n) is 1.30. The van der Waals surface area contributed by atoms with Crippen LogP contribution in [-0.4, -0.2) is 10.9 Å². The molecule has 0 aliphatic heterocycles. The third-order valence-electron chi connectivity index (χ3n) is 2.22. The van der Waals surface area contributed by atoms with Gasteiger partial charge >= 0.3 is 0 Å². The maximum atomic E-state index is 11.1. The summed E-state index contributed by atoms with van der Waals surface area (Å²) in [5.41, 5.74) is 1.86. The molecule has 0 unspecified atom stereocenters. The lowest BCUT2D eigenvalue weighted by Gasteiger charge is -2.08. The summed E-state index contributed by atoms with van der Waals surface area (Å²) in [6.45, 7) is 7.23. The van der Waals surface area contributed by atoms with Gasteiger partial charge in [-0.3, -0.25) is 4.79 Å². The summed E-state index contributed by atoms with van der Waals surface area (Å²) in [6.07, 6.45) is 0.759. The van der Waals surface area contributed by atoms with Crippen molar-refractivity contribution in [2.24, 2.45) is 0 Å². The highest BCUT2D eigenvalue weighted by Crippen LogP contribution is 2.29. The molecule has 0 aliphatic carbocycles. The maximum absolute atomic E-state index is 11.1. The highest BCUT2D eigenvalue weighted by Gasteiger charge is 2.11. The van der Waals surface area contributed by atoms with Crippen LogP contribution >= 0.6 is 0 Å². The minimum atomic E-state index is -0.131. The number of hydrogen-bond acceptors (Lipinski definition) is 2. The molecule has 1 rings (SSSR count). The van der Waals surface area contributed by atoms with Crippen LogP contribution in [0.1, 0.15) is 36.2 Å². The van der Waals surface area contributed by atoms with Crippen LogP contribution < -0.4 is 0 Å². The zero-order valence-electron chi connectivity index (χ0n) is 8.50. The summed E-state index contributed by atoms with van der Waals surface area (Å²) in [5.74, 6) is -0.0832. The second-order valence-corrected chi connectivity index (χ2v) is 3.22. The van der Waals surface area contributed by atoms with Crippen molar-refractivity contribution in [3.05, 3.63) is 35.9 Å². The molecule has 1 aromatic rings. The molecule has 0 spiro atoms. The molecule has 0 fully saturated rings. The minimum Gasteiger partial charge on any atom is -0.507 e. The maximum Gasteiger partial charge on any atom is 0.163 e. The first kappa shape index (κ1) is 10.5. The first-order valence-corrected chi connectivity index (χ1v) is 4.59. The Balaban J connectivity index is 3.27. The van der Waals surface area contributed by atoms with Gasteiger partial charge in [-0.1, -0.05) is 25.6 Å². The van der Waals surface area contributed by atoms with E-state index in [1.54, 1.807) is 18.2 Å². The third-order valence-corrected chi connectivity index (χ3v) is 2.22. The largest absolute Gasteiger partial charge is 0.507 e. The molecule has 0 bridgehead atoms. The number of para-hydroxylation sites is 1. The minimum absolute atomic E-state index is 0.0480. The van der Waals surface area contributed by atoms with Gasteiger partial charge in [0.25, 0.3) is 0 Å². The van der Waals surface area contributed by atoms with Crippen LogP contribution in [0.15, 0.2) is 24.8 Å². The summed E-state index contributed by atoms with van der Waals surface area (Å²) in [4.78, 5) is 11.1. The van der Waals surface area contributed by atoms with Crippen LogP contribution in [0.5, 0.6) is 5.75 Å². The number of hydrogen-bond donors (Lipinski definition) is 1. The summed E-state index contributed by atoms with van der Waals surface area (Å²) in [7, 11) is 0.